The largest absolute Gasteiger partial charge is 0.325 e. The van der Waals surface area contributed by atoms with Gasteiger partial charge in [0, 0.05) is 12.7 Å². The fraction of sp³-hybridized carbons (Fsp3) is 0.167. The Hall–Kier alpha value is -3.47. The summed E-state index contributed by atoms with van der Waals surface area (Å²) in [6, 6.07) is 19.6. The van der Waals surface area contributed by atoms with Crippen molar-refractivity contribution in [3.05, 3.63) is 101 Å². The Kier molecular flexibility index (Phi) is 6.07. The summed E-state index contributed by atoms with van der Waals surface area (Å²) in [5, 5.41) is 2.95. The van der Waals surface area contributed by atoms with Crippen LogP contribution < -0.4 is 5.32 Å². The molecule has 0 heterocycles. The van der Waals surface area contributed by atoms with Crippen molar-refractivity contribution >= 4 is 17.5 Å². The molecule has 0 fully saturated rings. The molecule has 0 radical (unpaired) electrons. The Bertz CT molecular complexity index is 1010. The minimum atomic E-state index is -0.915. The van der Waals surface area contributed by atoms with E-state index < -0.39 is 17.8 Å². The molecule has 0 aliphatic carbocycles. The van der Waals surface area contributed by atoms with Crippen molar-refractivity contribution in [2.24, 2.45) is 0 Å². The van der Waals surface area contributed by atoms with Gasteiger partial charge in [-0.25, -0.2) is 4.39 Å². The molecule has 29 heavy (non-hydrogen) atoms. The van der Waals surface area contributed by atoms with Gasteiger partial charge in [0.05, 0.1) is 5.56 Å². The van der Waals surface area contributed by atoms with Crippen LogP contribution in [-0.4, -0.2) is 23.8 Å². The molecule has 3 aromatic carbocycles. The van der Waals surface area contributed by atoms with Gasteiger partial charge in [0.2, 0.25) is 0 Å². The minimum Gasteiger partial charge on any atom is -0.325 e. The molecule has 3 rings (SSSR count). The first-order chi connectivity index (χ1) is 13.9. The minimum absolute atomic E-state index is 0.0733. The number of halogens is 1. The highest BCUT2D eigenvalue weighted by molar-refractivity contribution is 6.02. The van der Waals surface area contributed by atoms with Crippen LogP contribution in [0.4, 0.5) is 10.1 Å². The number of carbonyl (C=O) groups excluding carboxylic acids is 2. The monoisotopic (exact) mass is 390 g/mol. The van der Waals surface area contributed by atoms with E-state index in [4.69, 9.17) is 0 Å². The van der Waals surface area contributed by atoms with E-state index in [-0.39, 0.29) is 11.5 Å². The molecule has 0 saturated heterocycles. The Labute approximate surface area is 170 Å². The van der Waals surface area contributed by atoms with Gasteiger partial charge in [0.25, 0.3) is 11.8 Å². The zero-order valence-corrected chi connectivity index (χ0v) is 16.6. The van der Waals surface area contributed by atoms with Crippen LogP contribution in [0.1, 0.15) is 33.1 Å². The van der Waals surface area contributed by atoms with Gasteiger partial charge in [-0.15, -0.1) is 0 Å². The Morgan fingerprint density at radius 2 is 1.45 bits per heavy atom. The van der Waals surface area contributed by atoms with Crippen LogP contribution in [0.2, 0.25) is 0 Å². The quantitative estimate of drug-likeness (QED) is 0.674. The average Bonchev–Trinajstić information content (AvgIpc) is 2.71. The number of hydrogen-bond donors (Lipinski definition) is 1. The van der Waals surface area contributed by atoms with Crippen molar-refractivity contribution in [3.8, 4) is 0 Å². The van der Waals surface area contributed by atoms with E-state index in [1.54, 1.807) is 30.3 Å². The average molecular weight is 390 g/mol. The molecule has 0 saturated carbocycles. The summed E-state index contributed by atoms with van der Waals surface area (Å²) < 4.78 is 14.2. The summed E-state index contributed by atoms with van der Waals surface area (Å²) >= 11 is 0. The van der Waals surface area contributed by atoms with Crippen molar-refractivity contribution in [1.82, 2.24) is 4.90 Å². The van der Waals surface area contributed by atoms with Gasteiger partial charge >= 0.3 is 0 Å². The van der Waals surface area contributed by atoms with Gasteiger partial charge in [-0.2, -0.15) is 0 Å². The van der Waals surface area contributed by atoms with Gasteiger partial charge in [-0.1, -0.05) is 60.7 Å². The lowest BCUT2D eigenvalue weighted by Crippen LogP contribution is -2.39. The highest BCUT2D eigenvalue weighted by Crippen LogP contribution is 2.26. The maximum Gasteiger partial charge on any atom is 0.257 e. The van der Waals surface area contributed by atoms with E-state index in [1.807, 2.05) is 38.1 Å². The maximum absolute atomic E-state index is 14.2. The molecule has 0 aromatic heterocycles. The highest BCUT2D eigenvalue weighted by Gasteiger charge is 2.30. The molecule has 1 N–H and O–H groups in total. The lowest BCUT2D eigenvalue weighted by atomic mass is 10.0. The van der Waals surface area contributed by atoms with E-state index in [2.05, 4.69) is 5.32 Å². The van der Waals surface area contributed by atoms with Crippen LogP contribution in [-0.2, 0) is 4.79 Å². The summed E-state index contributed by atoms with van der Waals surface area (Å²) in [4.78, 5) is 27.5. The zero-order valence-electron chi connectivity index (χ0n) is 16.6. The lowest BCUT2D eigenvalue weighted by Gasteiger charge is -2.28. The van der Waals surface area contributed by atoms with Gasteiger partial charge in [-0.05, 0) is 42.7 Å². The molecule has 5 heteroatoms. The number of para-hydroxylation sites is 1. The van der Waals surface area contributed by atoms with Crippen LogP contribution in [0.15, 0.2) is 72.8 Å². The molecule has 1 atom stereocenters. The molecular formula is C24H23FN2O2. The van der Waals surface area contributed by atoms with Crippen LogP contribution in [0, 0.1) is 19.7 Å². The van der Waals surface area contributed by atoms with Crippen molar-refractivity contribution < 1.29 is 14.0 Å². The van der Waals surface area contributed by atoms with Gasteiger partial charge < -0.3 is 10.2 Å². The fourth-order valence-electron chi connectivity index (χ4n) is 3.33. The molecule has 0 aliphatic heterocycles. The number of benzene rings is 3. The fourth-order valence-corrected chi connectivity index (χ4v) is 3.33. The number of aryl methyl sites for hydroxylation is 2. The third-order valence-corrected chi connectivity index (χ3v) is 4.90. The van der Waals surface area contributed by atoms with Gasteiger partial charge in [0.1, 0.15) is 11.9 Å². The van der Waals surface area contributed by atoms with E-state index >= 15 is 0 Å². The number of carbonyl (C=O) groups is 2. The van der Waals surface area contributed by atoms with Gasteiger partial charge in [0.15, 0.2) is 0 Å². The topological polar surface area (TPSA) is 49.4 Å². The smallest absolute Gasteiger partial charge is 0.257 e. The molecule has 2 amide bonds. The second kappa shape index (κ2) is 8.69. The SMILES string of the molecule is Cc1cccc(C)c1NC(=O)C(c1ccccc1)N(C)C(=O)c1ccccc1F. The lowest BCUT2D eigenvalue weighted by molar-refractivity contribution is -0.120. The van der Waals surface area contributed by atoms with Crippen LogP contribution >= 0.6 is 0 Å². The van der Waals surface area contributed by atoms with E-state index in [9.17, 15) is 14.0 Å². The first-order valence-corrected chi connectivity index (χ1v) is 9.34. The van der Waals surface area contributed by atoms with Crippen molar-refractivity contribution in [2.75, 3.05) is 12.4 Å². The first-order valence-electron chi connectivity index (χ1n) is 9.34. The van der Waals surface area contributed by atoms with E-state index in [1.165, 1.54) is 30.1 Å². The summed E-state index contributed by atoms with van der Waals surface area (Å²) in [5.74, 6) is -1.54. The maximum atomic E-state index is 14.2. The molecule has 0 spiro atoms. The molecular weight excluding hydrogens is 367 g/mol. The van der Waals surface area contributed by atoms with E-state index in [0.29, 0.717) is 11.3 Å². The molecule has 3 aromatic rings. The third-order valence-electron chi connectivity index (χ3n) is 4.90. The van der Waals surface area contributed by atoms with E-state index in [0.717, 1.165) is 11.1 Å². The second-order valence-electron chi connectivity index (χ2n) is 6.97. The second-order valence-corrected chi connectivity index (χ2v) is 6.97. The Morgan fingerprint density at radius 3 is 2.07 bits per heavy atom. The summed E-state index contributed by atoms with van der Waals surface area (Å²) in [6.45, 7) is 3.82. The number of rotatable bonds is 5. The third kappa shape index (κ3) is 4.35. The molecule has 148 valence electrons. The highest BCUT2D eigenvalue weighted by atomic mass is 19.1. The van der Waals surface area contributed by atoms with Crippen LogP contribution in [0.25, 0.3) is 0 Å². The van der Waals surface area contributed by atoms with Crippen molar-refractivity contribution in [2.45, 2.75) is 19.9 Å². The summed E-state index contributed by atoms with van der Waals surface area (Å²) in [6.07, 6.45) is 0. The number of likely N-dealkylation sites (N-methyl/N-ethyl adjacent to an activating group) is 1. The predicted octanol–water partition coefficient (Wildman–Crippen LogP) is 4.89. The number of nitrogens with zero attached hydrogens (tertiary/aromatic N) is 1. The standard InChI is InChI=1S/C24H23FN2O2/c1-16-10-9-11-17(2)21(16)26-23(28)22(18-12-5-4-6-13-18)27(3)24(29)19-14-7-8-15-20(19)25/h4-15,22H,1-3H3,(H,26,28). The first kappa shape index (κ1) is 20.3. The van der Waals surface area contributed by atoms with Crippen molar-refractivity contribution in [3.63, 3.8) is 0 Å². The van der Waals surface area contributed by atoms with Crippen molar-refractivity contribution in [1.29, 1.82) is 0 Å². The molecule has 4 nitrogen and oxygen atoms in total. The molecule has 0 aliphatic rings. The number of anilines is 1. The number of nitrogens with one attached hydrogen (secondary N) is 1. The Morgan fingerprint density at radius 1 is 0.862 bits per heavy atom. The molecule has 1 unspecified atom stereocenters. The predicted molar refractivity (Wildman–Crippen MR) is 112 cm³/mol. The normalized spacial score (nSPS) is 11.6. The number of amides is 2. The van der Waals surface area contributed by atoms with Crippen LogP contribution in [0.3, 0.4) is 0 Å². The summed E-state index contributed by atoms with van der Waals surface area (Å²) in [7, 11) is 1.51. The number of hydrogen-bond acceptors (Lipinski definition) is 2. The van der Waals surface area contributed by atoms with Crippen LogP contribution in [0.5, 0.6) is 0 Å². The summed E-state index contributed by atoms with van der Waals surface area (Å²) in [5.41, 5.74) is 3.13. The zero-order chi connectivity index (χ0) is 21.0. The molecule has 0 bridgehead atoms. The Balaban J connectivity index is 1.98. The van der Waals surface area contributed by atoms with Gasteiger partial charge in [-0.3, -0.25) is 9.59 Å².